The maximum absolute atomic E-state index is 13.1. The molecule has 0 bridgehead atoms. The zero-order chi connectivity index (χ0) is 19.4. The maximum atomic E-state index is 13.1. The van der Waals surface area contributed by atoms with Crippen LogP contribution in [-0.4, -0.2) is 47.5 Å². The summed E-state index contributed by atoms with van der Waals surface area (Å²) in [6, 6.07) is 5.30. The number of halogens is 1. The number of anilines is 1. The first-order valence-corrected chi connectivity index (χ1v) is 9.68. The van der Waals surface area contributed by atoms with Gasteiger partial charge in [0.15, 0.2) is 0 Å². The molecule has 1 aromatic carbocycles. The lowest BCUT2D eigenvalue weighted by atomic mass is 9.85. The van der Waals surface area contributed by atoms with E-state index in [1.54, 1.807) is 31.2 Å². The quantitative estimate of drug-likeness (QED) is 0.770. The lowest BCUT2D eigenvalue weighted by Crippen LogP contribution is -2.68. The Labute approximate surface area is 163 Å². The van der Waals surface area contributed by atoms with E-state index in [2.05, 4.69) is 10.6 Å². The molecule has 1 saturated carbocycles. The third-order valence-corrected chi connectivity index (χ3v) is 5.26. The number of hydrogen-bond donors (Lipinski definition) is 2. The molecule has 3 rings (SSSR count). The van der Waals surface area contributed by atoms with Gasteiger partial charge in [0.25, 0.3) is 0 Å². The molecule has 0 spiro atoms. The number of amides is 3. The van der Waals surface area contributed by atoms with Crippen molar-refractivity contribution in [2.45, 2.75) is 57.2 Å². The Hall–Kier alpha value is -2.28. The van der Waals surface area contributed by atoms with Crippen LogP contribution >= 0.6 is 11.6 Å². The fourth-order valence-corrected chi connectivity index (χ4v) is 4.05. The normalized spacial score (nSPS) is 24.6. The molecule has 0 radical (unpaired) electrons. The average Bonchev–Trinajstić information content (AvgIpc) is 2.62. The number of urea groups is 1. The molecule has 1 aromatic rings. The topological polar surface area (TPSA) is 87.7 Å². The summed E-state index contributed by atoms with van der Waals surface area (Å²) >= 11 is 5.99. The number of carbonyl (C=O) groups excluding carboxylic acids is 3. The molecule has 2 fully saturated rings. The van der Waals surface area contributed by atoms with E-state index in [0.717, 1.165) is 25.7 Å². The summed E-state index contributed by atoms with van der Waals surface area (Å²) in [5, 5.41) is 6.30. The highest BCUT2D eigenvalue weighted by molar-refractivity contribution is 6.30. The van der Waals surface area contributed by atoms with Gasteiger partial charge in [-0.15, -0.1) is 0 Å². The standard InChI is InChI=1S/C19H24ClN3O4/c1-2-27-17(24)11-16-18(25)22-14-8-3-4-9-15(14)23(16)19(26)21-13-7-5-6-12(20)10-13/h5-7,10,14-16H,2-4,8-9,11H2,1H3,(H,21,26)(H,22,25). The molecule has 7 nitrogen and oxygen atoms in total. The zero-order valence-corrected chi connectivity index (χ0v) is 16.0. The Kier molecular flexibility index (Phi) is 6.21. The van der Waals surface area contributed by atoms with E-state index in [9.17, 15) is 14.4 Å². The van der Waals surface area contributed by atoms with Crippen molar-refractivity contribution < 1.29 is 19.1 Å². The number of nitrogens with zero attached hydrogens (tertiary/aromatic N) is 1. The largest absolute Gasteiger partial charge is 0.466 e. The van der Waals surface area contributed by atoms with Crippen LogP contribution in [0.2, 0.25) is 5.02 Å². The highest BCUT2D eigenvalue weighted by Crippen LogP contribution is 2.30. The minimum Gasteiger partial charge on any atom is -0.466 e. The van der Waals surface area contributed by atoms with Gasteiger partial charge in [-0.2, -0.15) is 0 Å². The molecule has 1 heterocycles. The molecule has 8 heteroatoms. The van der Waals surface area contributed by atoms with E-state index in [1.165, 1.54) is 4.90 Å². The van der Waals surface area contributed by atoms with Crippen molar-refractivity contribution in [1.82, 2.24) is 10.2 Å². The monoisotopic (exact) mass is 393 g/mol. The number of piperazine rings is 1. The summed E-state index contributed by atoms with van der Waals surface area (Å²) in [5.74, 6) is -0.806. The number of esters is 1. The summed E-state index contributed by atoms with van der Waals surface area (Å²) in [6.45, 7) is 1.94. The molecule has 27 heavy (non-hydrogen) atoms. The second-order valence-corrected chi connectivity index (χ2v) is 7.28. The van der Waals surface area contributed by atoms with Gasteiger partial charge < -0.3 is 20.3 Å². The molecular formula is C19H24ClN3O4. The van der Waals surface area contributed by atoms with Gasteiger partial charge in [-0.1, -0.05) is 30.5 Å². The average molecular weight is 394 g/mol. The van der Waals surface area contributed by atoms with Crippen molar-refractivity contribution in [2.24, 2.45) is 0 Å². The van der Waals surface area contributed by atoms with Crippen LogP contribution in [-0.2, 0) is 14.3 Å². The molecule has 3 unspecified atom stereocenters. The number of rotatable bonds is 4. The third-order valence-electron chi connectivity index (χ3n) is 5.03. The molecule has 2 aliphatic rings. The molecule has 2 N–H and O–H groups in total. The zero-order valence-electron chi connectivity index (χ0n) is 15.2. The molecule has 3 amide bonds. The van der Waals surface area contributed by atoms with Gasteiger partial charge in [0.05, 0.1) is 19.1 Å². The number of nitrogens with one attached hydrogen (secondary N) is 2. The maximum Gasteiger partial charge on any atom is 0.322 e. The van der Waals surface area contributed by atoms with Crippen LogP contribution in [0.1, 0.15) is 39.0 Å². The van der Waals surface area contributed by atoms with Crippen molar-refractivity contribution >= 4 is 35.2 Å². The Morgan fingerprint density at radius 2 is 2.11 bits per heavy atom. The van der Waals surface area contributed by atoms with Gasteiger partial charge in [-0.3, -0.25) is 9.59 Å². The Balaban J connectivity index is 1.84. The molecule has 1 saturated heterocycles. The molecule has 146 valence electrons. The summed E-state index contributed by atoms with van der Waals surface area (Å²) < 4.78 is 5.00. The van der Waals surface area contributed by atoms with Crippen LogP contribution in [0.15, 0.2) is 24.3 Å². The van der Waals surface area contributed by atoms with Crippen molar-refractivity contribution in [3.63, 3.8) is 0 Å². The lowest BCUT2D eigenvalue weighted by molar-refractivity contribution is -0.148. The van der Waals surface area contributed by atoms with Crippen LogP contribution in [0, 0.1) is 0 Å². The fourth-order valence-electron chi connectivity index (χ4n) is 3.86. The van der Waals surface area contributed by atoms with Crippen molar-refractivity contribution in [3.8, 4) is 0 Å². The van der Waals surface area contributed by atoms with E-state index in [4.69, 9.17) is 16.3 Å². The van der Waals surface area contributed by atoms with Crippen LogP contribution < -0.4 is 10.6 Å². The first-order valence-electron chi connectivity index (χ1n) is 9.30. The number of ether oxygens (including phenoxy) is 1. The van der Waals surface area contributed by atoms with Gasteiger partial charge in [0.1, 0.15) is 6.04 Å². The van der Waals surface area contributed by atoms with Gasteiger partial charge in [-0.25, -0.2) is 4.79 Å². The molecule has 1 aliphatic carbocycles. The van der Waals surface area contributed by atoms with Crippen LogP contribution in [0.3, 0.4) is 0 Å². The number of carbonyl (C=O) groups is 3. The highest BCUT2D eigenvalue weighted by atomic mass is 35.5. The second kappa shape index (κ2) is 8.61. The van der Waals surface area contributed by atoms with E-state index in [0.29, 0.717) is 10.7 Å². The van der Waals surface area contributed by atoms with E-state index < -0.39 is 18.0 Å². The fraction of sp³-hybridized carbons (Fsp3) is 0.526. The van der Waals surface area contributed by atoms with Crippen molar-refractivity contribution in [2.75, 3.05) is 11.9 Å². The summed E-state index contributed by atoms with van der Waals surface area (Å²) in [4.78, 5) is 39.3. The summed E-state index contributed by atoms with van der Waals surface area (Å²) in [5.41, 5.74) is 0.542. The minimum atomic E-state index is -0.886. The molecule has 3 atom stereocenters. The molecule has 0 aromatic heterocycles. The smallest absolute Gasteiger partial charge is 0.322 e. The third kappa shape index (κ3) is 4.53. The predicted octanol–water partition coefficient (Wildman–Crippen LogP) is 2.94. The predicted molar refractivity (Wildman–Crippen MR) is 102 cm³/mol. The van der Waals surface area contributed by atoms with E-state index in [1.807, 2.05) is 0 Å². The van der Waals surface area contributed by atoms with Crippen LogP contribution in [0.5, 0.6) is 0 Å². The lowest BCUT2D eigenvalue weighted by Gasteiger charge is -2.47. The van der Waals surface area contributed by atoms with Crippen molar-refractivity contribution in [1.29, 1.82) is 0 Å². The molecular weight excluding hydrogens is 370 g/mol. The number of benzene rings is 1. The van der Waals surface area contributed by atoms with E-state index >= 15 is 0 Å². The number of fused-ring (bicyclic) bond motifs is 1. The highest BCUT2D eigenvalue weighted by Gasteiger charge is 2.46. The van der Waals surface area contributed by atoms with Gasteiger partial charge in [0.2, 0.25) is 5.91 Å². The van der Waals surface area contributed by atoms with E-state index in [-0.39, 0.29) is 31.0 Å². The second-order valence-electron chi connectivity index (χ2n) is 6.84. The SMILES string of the molecule is CCOC(=O)CC1C(=O)NC2CCCCC2N1C(=O)Nc1cccc(Cl)c1. The van der Waals surface area contributed by atoms with Crippen LogP contribution in [0.25, 0.3) is 0 Å². The Morgan fingerprint density at radius 3 is 2.85 bits per heavy atom. The summed E-state index contributed by atoms with van der Waals surface area (Å²) in [7, 11) is 0. The minimum absolute atomic E-state index is 0.0881. The van der Waals surface area contributed by atoms with Gasteiger partial charge in [0, 0.05) is 16.8 Å². The molecule has 1 aliphatic heterocycles. The first kappa shape index (κ1) is 19.5. The summed E-state index contributed by atoms with van der Waals surface area (Å²) in [6.07, 6.45) is 3.43. The van der Waals surface area contributed by atoms with Crippen molar-refractivity contribution in [3.05, 3.63) is 29.3 Å². The van der Waals surface area contributed by atoms with Gasteiger partial charge >= 0.3 is 12.0 Å². The van der Waals surface area contributed by atoms with Crippen LogP contribution in [0.4, 0.5) is 10.5 Å². The first-order chi connectivity index (χ1) is 13.0. The Bertz CT molecular complexity index is 727. The number of hydrogen-bond acceptors (Lipinski definition) is 4. The van der Waals surface area contributed by atoms with Gasteiger partial charge in [-0.05, 0) is 38.0 Å². The Morgan fingerprint density at radius 1 is 1.33 bits per heavy atom.